The lowest BCUT2D eigenvalue weighted by atomic mass is 10.1. The van der Waals surface area contributed by atoms with Gasteiger partial charge in [0.2, 0.25) is 0 Å². The number of carbonyl (C=O) groups is 1. The van der Waals surface area contributed by atoms with Crippen LogP contribution in [0, 0.1) is 13.8 Å². The van der Waals surface area contributed by atoms with Crippen LogP contribution < -0.4 is 10.5 Å². The van der Waals surface area contributed by atoms with Gasteiger partial charge in [-0.2, -0.15) is 0 Å². The van der Waals surface area contributed by atoms with E-state index in [1.165, 1.54) is 0 Å². The number of likely N-dealkylation sites (tertiary alicyclic amines) is 1. The fourth-order valence-electron chi connectivity index (χ4n) is 2.07. The van der Waals surface area contributed by atoms with Gasteiger partial charge in [0.1, 0.15) is 5.75 Å². The van der Waals surface area contributed by atoms with E-state index in [0.29, 0.717) is 18.8 Å². The third kappa shape index (κ3) is 2.58. The molecule has 1 saturated heterocycles. The highest BCUT2D eigenvalue weighted by Gasteiger charge is 2.25. The first-order valence-electron chi connectivity index (χ1n) is 5.86. The number of amides is 1. The molecular weight excluding hydrogens is 216 g/mol. The van der Waals surface area contributed by atoms with Crippen LogP contribution in [0.1, 0.15) is 17.5 Å². The van der Waals surface area contributed by atoms with E-state index in [2.05, 4.69) is 0 Å². The molecule has 92 valence electrons. The number of ether oxygens (including phenoxy) is 1. The van der Waals surface area contributed by atoms with E-state index in [1.807, 2.05) is 32.0 Å². The van der Waals surface area contributed by atoms with Crippen LogP contribution in [-0.4, -0.2) is 30.1 Å². The number of nitrogens with zero attached hydrogens (tertiary/aromatic N) is 1. The van der Waals surface area contributed by atoms with E-state index in [4.69, 9.17) is 10.5 Å². The molecule has 1 atom stereocenters. The van der Waals surface area contributed by atoms with Crippen molar-refractivity contribution in [1.82, 2.24) is 4.90 Å². The predicted octanol–water partition coefficient (Wildman–Crippen LogP) is 1.84. The second-order valence-electron chi connectivity index (χ2n) is 4.58. The average Bonchev–Trinajstić information content (AvgIpc) is 2.70. The van der Waals surface area contributed by atoms with E-state index in [-0.39, 0.29) is 12.1 Å². The zero-order chi connectivity index (χ0) is 12.4. The molecule has 0 spiro atoms. The number of rotatable bonds is 1. The number of para-hydroxylation sites is 1. The van der Waals surface area contributed by atoms with E-state index in [9.17, 15) is 4.79 Å². The number of aryl methyl sites for hydroxylation is 2. The molecule has 0 bridgehead atoms. The van der Waals surface area contributed by atoms with E-state index < -0.39 is 0 Å². The Hall–Kier alpha value is -1.55. The van der Waals surface area contributed by atoms with Gasteiger partial charge in [0.25, 0.3) is 0 Å². The maximum absolute atomic E-state index is 11.9. The first-order valence-corrected chi connectivity index (χ1v) is 5.86. The highest BCUT2D eigenvalue weighted by molar-refractivity contribution is 5.72. The smallest absolute Gasteiger partial charge is 0.410 e. The van der Waals surface area contributed by atoms with Crippen LogP contribution in [-0.2, 0) is 0 Å². The van der Waals surface area contributed by atoms with Gasteiger partial charge in [-0.15, -0.1) is 0 Å². The molecule has 1 fully saturated rings. The predicted molar refractivity (Wildman–Crippen MR) is 66.1 cm³/mol. The number of hydrogen-bond acceptors (Lipinski definition) is 3. The van der Waals surface area contributed by atoms with Crippen LogP contribution in [0.3, 0.4) is 0 Å². The summed E-state index contributed by atoms with van der Waals surface area (Å²) in [5.74, 6) is 0.665. The number of hydrogen-bond donors (Lipinski definition) is 1. The number of carbonyl (C=O) groups excluding carboxylic acids is 1. The first kappa shape index (κ1) is 11.9. The van der Waals surface area contributed by atoms with Gasteiger partial charge >= 0.3 is 6.09 Å². The molecule has 4 nitrogen and oxygen atoms in total. The molecule has 1 aromatic carbocycles. The van der Waals surface area contributed by atoms with Gasteiger partial charge in [-0.25, -0.2) is 4.79 Å². The van der Waals surface area contributed by atoms with Crippen LogP contribution in [0.25, 0.3) is 0 Å². The van der Waals surface area contributed by atoms with E-state index in [0.717, 1.165) is 17.5 Å². The Bertz CT molecular complexity index is 411. The molecule has 2 N–H and O–H groups in total. The van der Waals surface area contributed by atoms with Crippen LogP contribution in [0.4, 0.5) is 4.79 Å². The summed E-state index contributed by atoms with van der Waals surface area (Å²) < 4.78 is 5.44. The molecule has 1 unspecified atom stereocenters. The van der Waals surface area contributed by atoms with Crippen molar-refractivity contribution in [2.45, 2.75) is 26.3 Å². The SMILES string of the molecule is Cc1cccc(C)c1OC(=O)N1CCC(N)C1. The summed E-state index contributed by atoms with van der Waals surface area (Å²) in [6.07, 6.45) is 0.553. The fourth-order valence-corrected chi connectivity index (χ4v) is 2.07. The topological polar surface area (TPSA) is 55.6 Å². The van der Waals surface area contributed by atoms with Crippen molar-refractivity contribution in [2.24, 2.45) is 5.73 Å². The van der Waals surface area contributed by atoms with Gasteiger partial charge in [0.15, 0.2) is 0 Å². The van der Waals surface area contributed by atoms with Crippen LogP contribution in [0.15, 0.2) is 18.2 Å². The normalized spacial score (nSPS) is 19.5. The van der Waals surface area contributed by atoms with Crippen molar-refractivity contribution >= 4 is 6.09 Å². The average molecular weight is 234 g/mol. The molecule has 2 rings (SSSR count). The van der Waals surface area contributed by atoms with Crippen LogP contribution in [0.2, 0.25) is 0 Å². The third-order valence-electron chi connectivity index (χ3n) is 3.08. The minimum Gasteiger partial charge on any atom is -0.410 e. The summed E-state index contributed by atoms with van der Waals surface area (Å²) in [5, 5.41) is 0. The second kappa shape index (κ2) is 4.75. The van der Waals surface area contributed by atoms with Gasteiger partial charge < -0.3 is 15.4 Å². The van der Waals surface area contributed by atoms with Gasteiger partial charge in [0, 0.05) is 19.1 Å². The Morgan fingerprint density at radius 2 is 2.06 bits per heavy atom. The molecule has 4 heteroatoms. The molecule has 17 heavy (non-hydrogen) atoms. The summed E-state index contributed by atoms with van der Waals surface area (Å²) in [6, 6.07) is 5.91. The number of benzene rings is 1. The molecule has 0 aromatic heterocycles. The van der Waals surface area contributed by atoms with Crippen molar-refractivity contribution in [1.29, 1.82) is 0 Å². The highest BCUT2D eigenvalue weighted by atomic mass is 16.6. The molecule has 1 aromatic rings. The lowest BCUT2D eigenvalue weighted by Gasteiger charge is -2.17. The summed E-state index contributed by atoms with van der Waals surface area (Å²) in [7, 11) is 0. The van der Waals surface area contributed by atoms with Crippen molar-refractivity contribution in [2.75, 3.05) is 13.1 Å². The summed E-state index contributed by atoms with van der Waals surface area (Å²) >= 11 is 0. The van der Waals surface area contributed by atoms with Crippen molar-refractivity contribution in [3.63, 3.8) is 0 Å². The van der Waals surface area contributed by atoms with Gasteiger partial charge in [-0.05, 0) is 31.4 Å². The molecule has 1 amide bonds. The molecule has 1 heterocycles. The molecule has 0 saturated carbocycles. The molecule has 0 radical (unpaired) electrons. The zero-order valence-corrected chi connectivity index (χ0v) is 10.3. The lowest BCUT2D eigenvalue weighted by Crippen LogP contribution is -2.34. The van der Waals surface area contributed by atoms with Crippen molar-refractivity contribution in [3.05, 3.63) is 29.3 Å². The Kier molecular flexibility index (Phi) is 3.33. The molecule has 1 aliphatic heterocycles. The zero-order valence-electron chi connectivity index (χ0n) is 10.3. The number of nitrogens with two attached hydrogens (primary N) is 1. The van der Waals surface area contributed by atoms with Gasteiger partial charge in [-0.1, -0.05) is 18.2 Å². The molecular formula is C13H18N2O2. The Morgan fingerprint density at radius 1 is 1.41 bits per heavy atom. The van der Waals surface area contributed by atoms with Crippen LogP contribution >= 0.6 is 0 Å². The van der Waals surface area contributed by atoms with Crippen molar-refractivity contribution in [3.8, 4) is 5.75 Å². The fraction of sp³-hybridized carbons (Fsp3) is 0.462. The monoisotopic (exact) mass is 234 g/mol. The van der Waals surface area contributed by atoms with E-state index >= 15 is 0 Å². The van der Waals surface area contributed by atoms with Crippen LogP contribution in [0.5, 0.6) is 5.75 Å². The minimum atomic E-state index is -0.296. The summed E-state index contributed by atoms with van der Waals surface area (Å²) in [6.45, 7) is 5.14. The Labute approximate surface area is 101 Å². The van der Waals surface area contributed by atoms with E-state index in [1.54, 1.807) is 4.90 Å². The largest absolute Gasteiger partial charge is 0.415 e. The minimum absolute atomic E-state index is 0.0838. The standard InChI is InChI=1S/C13H18N2O2/c1-9-4-3-5-10(2)12(9)17-13(16)15-7-6-11(14)8-15/h3-5,11H,6-8,14H2,1-2H3. The maximum atomic E-state index is 11.9. The Balaban J connectivity index is 2.08. The highest BCUT2D eigenvalue weighted by Crippen LogP contribution is 2.23. The maximum Gasteiger partial charge on any atom is 0.415 e. The first-order chi connectivity index (χ1) is 8.08. The van der Waals surface area contributed by atoms with Gasteiger partial charge in [-0.3, -0.25) is 0 Å². The molecule has 0 aliphatic carbocycles. The van der Waals surface area contributed by atoms with Crippen molar-refractivity contribution < 1.29 is 9.53 Å². The lowest BCUT2D eigenvalue weighted by molar-refractivity contribution is 0.161. The Morgan fingerprint density at radius 3 is 2.59 bits per heavy atom. The second-order valence-corrected chi connectivity index (χ2v) is 4.58. The summed E-state index contributed by atoms with van der Waals surface area (Å²) in [4.78, 5) is 13.6. The van der Waals surface area contributed by atoms with Gasteiger partial charge in [0.05, 0.1) is 0 Å². The summed E-state index contributed by atoms with van der Waals surface area (Å²) in [5.41, 5.74) is 7.71. The molecule has 1 aliphatic rings. The third-order valence-corrected chi connectivity index (χ3v) is 3.08. The quantitative estimate of drug-likeness (QED) is 0.806.